The largest absolute Gasteiger partial charge is 0.462 e. The van der Waals surface area contributed by atoms with Crippen molar-refractivity contribution in [1.82, 2.24) is 0 Å². The Bertz CT molecular complexity index is 1210. The molecule has 0 spiro atoms. The standard InChI is InChI=1S/C28H28N2O7/c1-17(2)15-36-27(34)18-7-11-20(12-8-18)29-24(31)16-37-28(35)19-9-13-21(14-10-19)30-25(32)22-5-3-4-6-23(22)26(30)33/h3-4,7-14,17,22-23H,5-6,15-16H2,1-2H3,(H,29,31)/t22-,23-/m0/s1. The van der Waals surface area contributed by atoms with Gasteiger partial charge in [-0.1, -0.05) is 26.0 Å². The minimum Gasteiger partial charge on any atom is -0.462 e. The molecule has 3 amide bonds. The number of carbonyl (C=O) groups excluding carboxylic acids is 5. The second kappa shape index (κ2) is 11.2. The molecule has 0 bridgehead atoms. The number of benzene rings is 2. The van der Waals surface area contributed by atoms with Crippen molar-refractivity contribution >= 4 is 41.0 Å². The third-order valence-electron chi connectivity index (χ3n) is 6.16. The summed E-state index contributed by atoms with van der Waals surface area (Å²) in [5, 5.41) is 2.59. The molecule has 0 saturated carbocycles. The lowest BCUT2D eigenvalue weighted by atomic mass is 9.85. The van der Waals surface area contributed by atoms with Crippen LogP contribution in [-0.4, -0.2) is 42.9 Å². The molecule has 1 saturated heterocycles. The van der Waals surface area contributed by atoms with Crippen LogP contribution >= 0.6 is 0 Å². The van der Waals surface area contributed by atoms with Gasteiger partial charge >= 0.3 is 11.9 Å². The first kappa shape index (κ1) is 25.8. The molecule has 9 nitrogen and oxygen atoms in total. The van der Waals surface area contributed by atoms with Crippen molar-refractivity contribution in [1.29, 1.82) is 0 Å². The topological polar surface area (TPSA) is 119 Å². The molecule has 2 aromatic rings. The maximum Gasteiger partial charge on any atom is 0.338 e. The van der Waals surface area contributed by atoms with Crippen LogP contribution in [0.15, 0.2) is 60.7 Å². The SMILES string of the molecule is CC(C)COC(=O)c1ccc(NC(=O)COC(=O)c2ccc(N3C(=O)[C@H]4CC=CC[C@@H]4C3=O)cc2)cc1. The summed E-state index contributed by atoms with van der Waals surface area (Å²) in [4.78, 5) is 63.2. The monoisotopic (exact) mass is 504 g/mol. The van der Waals surface area contributed by atoms with E-state index in [1.54, 1.807) is 12.1 Å². The molecule has 1 aliphatic carbocycles. The third kappa shape index (κ3) is 5.94. The van der Waals surface area contributed by atoms with Gasteiger partial charge in [-0.3, -0.25) is 19.3 Å². The van der Waals surface area contributed by atoms with Gasteiger partial charge in [0.25, 0.3) is 5.91 Å². The number of allylic oxidation sites excluding steroid dienone is 2. The summed E-state index contributed by atoms with van der Waals surface area (Å²) in [5.74, 6) is -2.62. The van der Waals surface area contributed by atoms with Gasteiger partial charge in [-0.25, -0.2) is 9.59 Å². The molecule has 37 heavy (non-hydrogen) atoms. The smallest absolute Gasteiger partial charge is 0.338 e. The Labute approximate surface area is 214 Å². The Kier molecular flexibility index (Phi) is 7.81. The number of rotatable bonds is 8. The van der Waals surface area contributed by atoms with Crippen LogP contribution in [0.2, 0.25) is 0 Å². The fourth-order valence-corrected chi connectivity index (χ4v) is 4.23. The van der Waals surface area contributed by atoms with E-state index in [2.05, 4.69) is 5.32 Å². The number of fused-ring (bicyclic) bond motifs is 1. The average molecular weight is 505 g/mol. The number of nitrogens with one attached hydrogen (secondary N) is 1. The number of anilines is 2. The predicted molar refractivity (Wildman–Crippen MR) is 135 cm³/mol. The van der Waals surface area contributed by atoms with Gasteiger partial charge in [0.15, 0.2) is 6.61 Å². The van der Waals surface area contributed by atoms with E-state index in [-0.39, 0.29) is 35.1 Å². The summed E-state index contributed by atoms with van der Waals surface area (Å²) in [6, 6.07) is 12.1. The Morgan fingerprint density at radius 3 is 1.89 bits per heavy atom. The summed E-state index contributed by atoms with van der Waals surface area (Å²) in [7, 11) is 0. The number of carbonyl (C=O) groups is 5. The fraction of sp³-hybridized carbons (Fsp3) is 0.321. The van der Waals surface area contributed by atoms with Crippen LogP contribution in [0, 0.1) is 17.8 Å². The zero-order valence-electron chi connectivity index (χ0n) is 20.6. The van der Waals surface area contributed by atoms with Crippen LogP contribution in [0.3, 0.4) is 0 Å². The number of ether oxygens (including phenoxy) is 2. The highest BCUT2D eigenvalue weighted by atomic mass is 16.5. The molecule has 4 rings (SSSR count). The third-order valence-corrected chi connectivity index (χ3v) is 6.16. The lowest BCUT2D eigenvalue weighted by Gasteiger charge is -2.15. The van der Waals surface area contributed by atoms with Crippen molar-refractivity contribution < 1.29 is 33.4 Å². The molecule has 1 N–H and O–H groups in total. The van der Waals surface area contributed by atoms with Crippen LogP contribution in [0.1, 0.15) is 47.4 Å². The van der Waals surface area contributed by atoms with Gasteiger partial charge in [-0.15, -0.1) is 0 Å². The first-order chi connectivity index (χ1) is 17.7. The van der Waals surface area contributed by atoms with E-state index < -0.39 is 24.5 Å². The zero-order chi connectivity index (χ0) is 26.5. The first-order valence-electron chi connectivity index (χ1n) is 12.1. The summed E-state index contributed by atoms with van der Waals surface area (Å²) in [6.45, 7) is 3.68. The van der Waals surface area contributed by atoms with Crippen molar-refractivity contribution in [3.05, 3.63) is 71.8 Å². The first-order valence-corrected chi connectivity index (χ1v) is 12.1. The van der Waals surface area contributed by atoms with Gasteiger partial charge in [-0.05, 0) is 67.3 Å². The number of hydrogen-bond donors (Lipinski definition) is 1. The number of amides is 3. The molecule has 0 radical (unpaired) electrons. The van der Waals surface area contributed by atoms with Gasteiger partial charge in [0.2, 0.25) is 11.8 Å². The van der Waals surface area contributed by atoms with Crippen LogP contribution in [-0.2, 0) is 23.9 Å². The lowest BCUT2D eigenvalue weighted by molar-refractivity contribution is -0.122. The highest BCUT2D eigenvalue weighted by Crippen LogP contribution is 2.37. The Hall–Kier alpha value is -4.27. The highest BCUT2D eigenvalue weighted by Gasteiger charge is 2.47. The molecule has 0 unspecified atom stereocenters. The van der Waals surface area contributed by atoms with Gasteiger partial charge in [-0.2, -0.15) is 0 Å². The number of imide groups is 1. The highest BCUT2D eigenvalue weighted by molar-refractivity contribution is 6.22. The van der Waals surface area contributed by atoms with Crippen LogP contribution in [0.25, 0.3) is 0 Å². The average Bonchev–Trinajstić information content (AvgIpc) is 3.16. The summed E-state index contributed by atoms with van der Waals surface area (Å²) in [6.07, 6.45) is 4.94. The zero-order valence-corrected chi connectivity index (χ0v) is 20.6. The van der Waals surface area contributed by atoms with Crippen LogP contribution < -0.4 is 10.2 Å². The molecular weight excluding hydrogens is 476 g/mol. The maximum absolute atomic E-state index is 12.7. The minimum absolute atomic E-state index is 0.180. The maximum atomic E-state index is 12.7. The van der Waals surface area contributed by atoms with E-state index in [9.17, 15) is 24.0 Å². The minimum atomic E-state index is -0.720. The second-order valence-corrected chi connectivity index (χ2v) is 9.41. The summed E-state index contributed by atoms with van der Waals surface area (Å²) in [5.41, 5.74) is 1.37. The molecular formula is C28H28N2O7. The van der Waals surface area contributed by atoms with E-state index in [1.807, 2.05) is 26.0 Å². The van der Waals surface area contributed by atoms with Crippen molar-refractivity contribution in [2.24, 2.45) is 17.8 Å². The summed E-state index contributed by atoms with van der Waals surface area (Å²) < 4.78 is 10.2. The Morgan fingerprint density at radius 2 is 1.35 bits per heavy atom. The predicted octanol–water partition coefficient (Wildman–Crippen LogP) is 3.75. The fourth-order valence-electron chi connectivity index (χ4n) is 4.23. The molecule has 1 heterocycles. The molecule has 2 aromatic carbocycles. The molecule has 0 aromatic heterocycles. The normalized spacial score (nSPS) is 18.5. The Balaban J connectivity index is 1.27. The van der Waals surface area contributed by atoms with Crippen molar-refractivity contribution in [2.45, 2.75) is 26.7 Å². The van der Waals surface area contributed by atoms with Crippen molar-refractivity contribution in [3.8, 4) is 0 Å². The van der Waals surface area contributed by atoms with E-state index in [1.165, 1.54) is 41.3 Å². The van der Waals surface area contributed by atoms with Crippen LogP contribution in [0.5, 0.6) is 0 Å². The van der Waals surface area contributed by atoms with E-state index in [0.29, 0.717) is 36.4 Å². The molecule has 2 aliphatic rings. The van der Waals surface area contributed by atoms with Crippen molar-refractivity contribution in [2.75, 3.05) is 23.4 Å². The van der Waals surface area contributed by atoms with Crippen molar-refractivity contribution in [3.63, 3.8) is 0 Å². The Morgan fingerprint density at radius 1 is 0.838 bits per heavy atom. The number of hydrogen-bond acceptors (Lipinski definition) is 7. The number of nitrogens with zero attached hydrogens (tertiary/aromatic N) is 1. The van der Waals surface area contributed by atoms with Gasteiger partial charge in [0.1, 0.15) is 0 Å². The van der Waals surface area contributed by atoms with Crippen LogP contribution in [0.4, 0.5) is 11.4 Å². The van der Waals surface area contributed by atoms with Gasteiger partial charge in [0.05, 0.1) is 35.3 Å². The second-order valence-electron chi connectivity index (χ2n) is 9.41. The molecule has 1 fully saturated rings. The molecule has 9 heteroatoms. The van der Waals surface area contributed by atoms with Gasteiger partial charge in [0, 0.05) is 5.69 Å². The van der Waals surface area contributed by atoms with E-state index in [4.69, 9.17) is 9.47 Å². The summed E-state index contributed by atoms with van der Waals surface area (Å²) >= 11 is 0. The molecule has 2 atom stereocenters. The molecule has 192 valence electrons. The van der Waals surface area contributed by atoms with E-state index >= 15 is 0 Å². The van der Waals surface area contributed by atoms with E-state index in [0.717, 1.165) is 0 Å². The lowest BCUT2D eigenvalue weighted by Crippen LogP contribution is -2.30. The molecule has 1 aliphatic heterocycles. The van der Waals surface area contributed by atoms with Gasteiger partial charge < -0.3 is 14.8 Å². The quantitative estimate of drug-likeness (QED) is 0.330. The number of esters is 2.